The summed E-state index contributed by atoms with van der Waals surface area (Å²) in [5.41, 5.74) is 10.0. The monoisotopic (exact) mass is 523 g/mol. The zero-order valence-corrected chi connectivity index (χ0v) is 21.5. The van der Waals surface area contributed by atoms with E-state index in [1.165, 1.54) is 6.07 Å². The highest BCUT2D eigenvalue weighted by molar-refractivity contribution is 6.00. The second-order valence-electron chi connectivity index (χ2n) is 9.60. The number of hydrogen-bond acceptors (Lipinski definition) is 6. The van der Waals surface area contributed by atoms with E-state index in [0.29, 0.717) is 31.5 Å². The van der Waals surface area contributed by atoms with Crippen molar-refractivity contribution in [3.8, 4) is 11.5 Å². The van der Waals surface area contributed by atoms with Gasteiger partial charge in [-0.3, -0.25) is 4.79 Å². The first-order chi connectivity index (χ1) is 17.5. The van der Waals surface area contributed by atoms with Gasteiger partial charge in [0.05, 0.1) is 11.3 Å². The maximum Gasteiger partial charge on any atom is 0.422 e. The van der Waals surface area contributed by atoms with Crippen LogP contribution in [0.4, 0.5) is 18.9 Å². The van der Waals surface area contributed by atoms with Crippen LogP contribution >= 0.6 is 0 Å². The summed E-state index contributed by atoms with van der Waals surface area (Å²) in [6.07, 6.45) is -2.35. The predicted octanol–water partition coefficient (Wildman–Crippen LogP) is 3.77. The summed E-state index contributed by atoms with van der Waals surface area (Å²) in [6.45, 7) is 6.00. The van der Waals surface area contributed by atoms with Crippen LogP contribution in [-0.4, -0.2) is 62.2 Å². The number of primary amides is 1. The molecule has 2 aromatic rings. The minimum absolute atomic E-state index is 0.0464. The van der Waals surface area contributed by atoms with Crippen molar-refractivity contribution in [2.75, 3.05) is 37.8 Å². The van der Waals surface area contributed by atoms with Crippen LogP contribution in [0.15, 0.2) is 30.3 Å². The van der Waals surface area contributed by atoms with E-state index >= 15 is 0 Å². The molecule has 0 saturated heterocycles. The minimum Gasteiger partial charge on any atom is -0.488 e. The van der Waals surface area contributed by atoms with Gasteiger partial charge in [-0.1, -0.05) is 12.1 Å². The molecule has 0 bridgehead atoms. The van der Waals surface area contributed by atoms with E-state index in [1.54, 1.807) is 12.1 Å². The number of alkyl halides is 3. The molecule has 0 fully saturated rings. The van der Waals surface area contributed by atoms with Gasteiger partial charge in [0.2, 0.25) is 0 Å². The number of nitrogens with one attached hydrogen (secondary N) is 1. The topological polar surface area (TPSA) is 97.1 Å². The van der Waals surface area contributed by atoms with Gasteiger partial charge in [-0.25, -0.2) is 0 Å². The van der Waals surface area contributed by atoms with Gasteiger partial charge in [0.1, 0.15) is 6.61 Å². The number of aliphatic hydroxyl groups excluding tert-OH is 1. The molecular weight excluding hydrogens is 487 g/mol. The fraction of sp³-hybridized carbons (Fsp3) is 0.519. The molecule has 0 aliphatic carbocycles. The van der Waals surface area contributed by atoms with Gasteiger partial charge in [-0.2, -0.15) is 13.2 Å². The van der Waals surface area contributed by atoms with Crippen LogP contribution in [0.25, 0.3) is 0 Å². The van der Waals surface area contributed by atoms with Crippen LogP contribution in [0.2, 0.25) is 0 Å². The highest BCUT2D eigenvalue weighted by atomic mass is 19.4. The lowest BCUT2D eigenvalue weighted by Crippen LogP contribution is -2.33. The number of hydrogen-bond donors (Lipinski definition) is 3. The maximum atomic E-state index is 12.5. The number of anilines is 1. The number of benzene rings is 2. The Bertz CT molecular complexity index is 1080. The lowest BCUT2D eigenvalue weighted by molar-refractivity contribution is -0.153. The molecule has 3 rings (SSSR count). The van der Waals surface area contributed by atoms with Gasteiger partial charge in [-0.15, -0.1) is 0 Å². The van der Waals surface area contributed by atoms with E-state index < -0.39 is 18.7 Å². The normalized spacial score (nSPS) is 16.0. The molecule has 0 spiro atoms. The number of rotatable bonds is 13. The van der Waals surface area contributed by atoms with Crippen molar-refractivity contribution in [2.24, 2.45) is 5.73 Å². The lowest BCUT2D eigenvalue weighted by atomic mass is 9.97. The molecule has 1 aliphatic rings. The summed E-state index contributed by atoms with van der Waals surface area (Å²) in [6, 6.07) is 9.01. The first-order valence-electron chi connectivity index (χ1n) is 12.5. The number of carbonyl (C=O) groups is 1. The van der Waals surface area contributed by atoms with E-state index in [9.17, 15) is 23.1 Å². The molecule has 10 heteroatoms. The van der Waals surface area contributed by atoms with Crippen LogP contribution in [-0.2, 0) is 12.8 Å². The van der Waals surface area contributed by atoms with Crippen LogP contribution in [0.1, 0.15) is 47.3 Å². The molecule has 1 unspecified atom stereocenters. The van der Waals surface area contributed by atoms with Gasteiger partial charge < -0.3 is 30.5 Å². The number of carbonyl (C=O) groups excluding carboxylic acids is 1. The van der Waals surface area contributed by atoms with Crippen LogP contribution in [0.3, 0.4) is 0 Å². The first-order valence-corrected chi connectivity index (χ1v) is 12.5. The van der Waals surface area contributed by atoms with Gasteiger partial charge in [0.15, 0.2) is 18.1 Å². The van der Waals surface area contributed by atoms with Crippen LogP contribution in [0, 0.1) is 6.92 Å². The summed E-state index contributed by atoms with van der Waals surface area (Å²) in [5, 5.41) is 12.6. The van der Waals surface area contributed by atoms with Crippen LogP contribution < -0.4 is 25.4 Å². The Morgan fingerprint density at radius 3 is 2.68 bits per heavy atom. The highest BCUT2D eigenvalue weighted by Crippen LogP contribution is 2.37. The third-order valence-corrected chi connectivity index (χ3v) is 6.29. The molecule has 0 radical (unpaired) electrons. The van der Waals surface area contributed by atoms with Crippen molar-refractivity contribution in [3.63, 3.8) is 0 Å². The van der Waals surface area contributed by atoms with Crippen molar-refractivity contribution in [1.29, 1.82) is 0 Å². The molecule has 204 valence electrons. The third kappa shape index (κ3) is 8.00. The number of amides is 1. The summed E-state index contributed by atoms with van der Waals surface area (Å²) in [5.74, 6) is -0.157. The standard InChI is InChI=1S/C27H36F3N3O4/c1-17-5-6-23(37-16-27(28,29)30)24(11-17)36-10-7-32-18(2)12-20-14-21-13-19(3)33(8-4-9-34)25(21)22(15-20)26(31)35/h5-6,11,14-15,18-19,32,34H,4,7-10,12-13,16H2,1-3H3,(H2,31,35)/t18-,19?/m1/s1. The Morgan fingerprint density at radius 2 is 2.00 bits per heavy atom. The fourth-order valence-corrected chi connectivity index (χ4v) is 4.68. The quantitative estimate of drug-likeness (QED) is 0.346. The first kappa shape index (κ1) is 28.6. The molecule has 2 atom stereocenters. The van der Waals surface area contributed by atoms with Crippen LogP contribution in [0.5, 0.6) is 11.5 Å². The number of aliphatic hydroxyl groups is 1. The smallest absolute Gasteiger partial charge is 0.422 e. The van der Waals surface area contributed by atoms with E-state index in [0.717, 1.165) is 28.8 Å². The Morgan fingerprint density at radius 1 is 1.24 bits per heavy atom. The third-order valence-electron chi connectivity index (χ3n) is 6.29. The molecule has 1 amide bonds. The largest absolute Gasteiger partial charge is 0.488 e. The zero-order valence-electron chi connectivity index (χ0n) is 21.5. The maximum absolute atomic E-state index is 12.5. The van der Waals surface area contributed by atoms with Crippen molar-refractivity contribution in [2.45, 2.75) is 58.3 Å². The summed E-state index contributed by atoms with van der Waals surface area (Å²) >= 11 is 0. The predicted molar refractivity (Wildman–Crippen MR) is 137 cm³/mol. The van der Waals surface area contributed by atoms with E-state index in [4.69, 9.17) is 15.2 Å². The molecule has 0 aromatic heterocycles. The van der Waals surface area contributed by atoms with Gasteiger partial charge in [0.25, 0.3) is 5.91 Å². The molecule has 1 aliphatic heterocycles. The molecule has 1 heterocycles. The summed E-state index contributed by atoms with van der Waals surface area (Å²) in [4.78, 5) is 14.4. The molecule has 4 N–H and O–H groups in total. The minimum atomic E-state index is -4.43. The Hall–Kier alpha value is -2.98. The molecular formula is C27H36F3N3O4. The number of fused-ring (bicyclic) bond motifs is 1. The number of nitrogens with zero attached hydrogens (tertiary/aromatic N) is 1. The van der Waals surface area contributed by atoms with Crippen molar-refractivity contribution in [1.82, 2.24) is 5.32 Å². The van der Waals surface area contributed by atoms with E-state index in [1.807, 2.05) is 19.9 Å². The van der Waals surface area contributed by atoms with E-state index in [2.05, 4.69) is 23.2 Å². The Balaban J connectivity index is 1.58. The summed E-state index contributed by atoms with van der Waals surface area (Å²) < 4.78 is 48.2. The molecule has 0 saturated carbocycles. The van der Waals surface area contributed by atoms with Gasteiger partial charge in [0, 0.05) is 31.8 Å². The Labute approximate surface area is 215 Å². The average Bonchev–Trinajstić information content (AvgIpc) is 3.13. The van der Waals surface area contributed by atoms with E-state index in [-0.39, 0.29) is 36.8 Å². The number of aryl methyl sites for hydroxylation is 1. The molecule has 2 aromatic carbocycles. The average molecular weight is 524 g/mol. The summed E-state index contributed by atoms with van der Waals surface area (Å²) in [7, 11) is 0. The fourth-order valence-electron chi connectivity index (χ4n) is 4.68. The SMILES string of the molecule is Cc1ccc(OCC(F)(F)F)c(OCCN[C@H](C)Cc2cc3c(c(C(N)=O)c2)N(CCCO)C(C)C3)c1. The van der Waals surface area contributed by atoms with Crippen molar-refractivity contribution < 1.29 is 32.5 Å². The van der Waals surface area contributed by atoms with Gasteiger partial charge >= 0.3 is 6.18 Å². The second-order valence-corrected chi connectivity index (χ2v) is 9.60. The number of nitrogens with two attached hydrogens (primary N) is 1. The second kappa shape index (κ2) is 12.5. The lowest BCUT2D eigenvalue weighted by Gasteiger charge is -2.26. The Kier molecular flexibility index (Phi) is 9.67. The van der Waals surface area contributed by atoms with Crippen molar-refractivity contribution in [3.05, 3.63) is 52.6 Å². The number of ether oxygens (including phenoxy) is 2. The van der Waals surface area contributed by atoms with Gasteiger partial charge in [-0.05, 0) is 74.9 Å². The van der Waals surface area contributed by atoms with Crippen molar-refractivity contribution >= 4 is 11.6 Å². The highest BCUT2D eigenvalue weighted by Gasteiger charge is 2.31. The number of halogens is 3. The zero-order chi connectivity index (χ0) is 27.2. The molecule has 7 nitrogen and oxygen atoms in total. The molecule has 37 heavy (non-hydrogen) atoms.